The largest absolute Gasteiger partial charge is 0.490 e. The summed E-state index contributed by atoms with van der Waals surface area (Å²) in [5, 5.41) is 4.15. The van der Waals surface area contributed by atoms with E-state index >= 15 is 0 Å². The molecule has 0 bridgehead atoms. The Bertz CT molecular complexity index is 1430. The Morgan fingerprint density at radius 1 is 1.11 bits per heavy atom. The monoisotopic (exact) mass is 538 g/mol. The van der Waals surface area contributed by atoms with Gasteiger partial charge in [-0.05, 0) is 42.5 Å². The number of nitrogens with zero attached hydrogens (tertiary/aromatic N) is 2. The minimum Gasteiger partial charge on any atom is -0.490 e. The fourth-order valence-electron chi connectivity index (χ4n) is 4.56. The van der Waals surface area contributed by atoms with Gasteiger partial charge in [0.15, 0.2) is 0 Å². The van der Waals surface area contributed by atoms with Gasteiger partial charge >= 0.3 is 0 Å². The number of aromatic amines is 1. The molecule has 1 aliphatic rings. The maximum Gasteiger partial charge on any atom is 0.253 e. The van der Waals surface area contributed by atoms with E-state index in [1.165, 1.54) is 0 Å². The number of anilines is 1. The molecule has 200 valence electrons. The quantitative estimate of drug-likeness (QED) is 0.291. The number of amides is 1. The van der Waals surface area contributed by atoms with Crippen LogP contribution in [0.5, 0.6) is 5.75 Å². The van der Waals surface area contributed by atoms with Gasteiger partial charge in [-0.25, -0.2) is 4.98 Å². The molecule has 0 atom stereocenters. The summed E-state index contributed by atoms with van der Waals surface area (Å²) in [6.07, 6.45) is 0. The molecular formula is C28H31ClN4O5. The third kappa shape index (κ3) is 5.56. The molecule has 38 heavy (non-hydrogen) atoms. The van der Waals surface area contributed by atoms with Crippen LogP contribution in [0.2, 0.25) is 5.02 Å². The average molecular weight is 539 g/mol. The van der Waals surface area contributed by atoms with E-state index in [4.69, 9.17) is 35.5 Å². The summed E-state index contributed by atoms with van der Waals surface area (Å²) < 4.78 is 21.6. The van der Waals surface area contributed by atoms with E-state index in [2.05, 4.69) is 33.4 Å². The molecule has 2 aromatic carbocycles. The van der Waals surface area contributed by atoms with Crippen molar-refractivity contribution < 1.29 is 23.7 Å². The molecule has 0 spiro atoms. The first-order chi connectivity index (χ1) is 18.6. The summed E-state index contributed by atoms with van der Waals surface area (Å²) in [7, 11) is 3.25. The van der Waals surface area contributed by atoms with Gasteiger partial charge < -0.3 is 34.1 Å². The van der Waals surface area contributed by atoms with E-state index in [1.54, 1.807) is 26.3 Å². The first kappa shape index (κ1) is 26.2. The van der Waals surface area contributed by atoms with Crippen molar-refractivity contribution in [3.8, 4) is 17.0 Å². The van der Waals surface area contributed by atoms with E-state index in [-0.39, 0.29) is 5.91 Å². The van der Waals surface area contributed by atoms with Crippen LogP contribution in [-0.2, 0) is 14.2 Å². The summed E-state index contributed by atoms with van der Waals surface area (Å²) in [6.45, 7) is 4.97. The average Bonchev–Trinajstić information content (AvgIpc) is 3.33. The number of hydrogen-bond donors (Lipinski definition) is 2. The number of aromatic nitrogens is 2. The normalized spacial score (nSPS) is 13.8. The highest BCUT2D eigenvalue weighted by atomic mass is 35.5. The molecule has 2 N–H and O–H groups in total. The third-order valence-corrected chi connectivity index (χ3v) is 6.83. The van der Waals surface area contributed by atoms with Crippen LogP contribution in [0.4, 0.5) is 5.69 Å². The molecule has 1 fully saturated rings. The fourth-order valence-corrected chi connectivity index (χ4v) is 4.79. The van der Waals surface area contributed by atoms with Gasteiger partial charge in [-0.1, -0.05) is 11.6 Å². The van der Waals surface area contributed by atoms with E-state index in [0.717, 1.165) is 40.8 Å². The van der Waals surface area contributed by atoms with Crippen molar-refractivity contribution in [2.75, 3.05) is 71.8 Å². The van der Waals surface area contributed by atoms with Crippen LogP contribution >= 0.6 is 11.6 Å². The number of hydrogen-bond acceptors (Lipinski definition) is 7. The van der Waals surface area contributed by atoms with Crippen LogP contribution in [0.25, 0.3) is 33.2 Å². The first-order valence-electron chi connectivity index (χ1n) is 12.6. The number of ether oxygens (including phenoxy) is 4. The first-order valence-corrected chi connectivity index (χ1v) is 13.0. The van der Waals surface area contributed by atoms with Crippen LogP contribution in [-0.4, -0.2) is 82.8 Å². The topological polar surface area (TPSA) is 97.9 Å². The lowest BCUT2D eigenvalue weighted by molar-refractivity contribution is 0.0544. The maximum atomic E-state index is 12.9. The standard InChI is InChI=1S/C28H31ClN4O5/c1-30-28(34)21-17-23(18-3-6-25(22(29)15-18)38-14-13-37-12-11-35-2)31-26-20-5-4-19(16-24(20)32-27(21)26)33-7-9-36-10-8-33/h3-6,15-17,32H,7-14H2,1-2H3,(H,30,34). The Hall–Kier alpha value is -3.37. The van der Waals surface area contributed by atoms with Crippen LogP contribution in [0.15, 0.2) is 42.5 Å². The summed E-state index contributed by atoms with van der Waals surface area (Å²) >= 11 is 6.54. The molecule has 1 amide bonds. The lowest BCUT2D eigenvalue weighted by Crippen LogP contribution is -2.36. The van der Waals surface area contributed by atoms with Gasteiger partial charge in [0.1, 0.15) is 12.4 Å². The molecule has 4 aromatic rings. The number of halogens is 1. The molecule has 0 unspecified atom stereocenters. The summed E-state index contributed by atoms with van der Waals surface area (Å²) in [6, 6.07) is 13.5. The van der Waals surface area contributed by atoms with Gasteiger partial charge in [0.2, 0.25) is 0 Å². The molecule has 0 radical (unpaired) electrons. The van der Waals surface area contributed by atoms with Gasteiger partial charge in [-0.15, -0.1) is 0 Å². The minimum absolute atomic E-state index is 0.196. The predicted octanol–water partition coefficient (Wildman–Crippen LogP) is 4.27. The minimum atomic E-state index is -0.196. The number of pyridine rings is 1. The molecule has 1 aliphatic heterocycles. The lowest BCUT2D eigenvalue weighted by Gasteiger charge is -2.28. The molecule has 9 nitrogen and oxygen atoms in total. The number of morpholine rings is 1. The van der Waals surface area contributed by atoms with Crippen LogP contribution in [0, 0.1) is 0 Å². The summed E-state index contributed by atoms with van der Waals surface area (Å²) in [5.41, 5.74) is 5.40. The second kappa shape index (κ2) is 12.0. The van der Waals surface area contributed by atoms with Crippen molar-refractivity contribution in [3.63, 3.8) is 0 Å². The number of methoxy groups -OCH3 is 1. The van der Waals surface area contributed by atoms with Crippen LogP contribution in [0.1, 0.15) is 10.4 Å². The second-order valence-corrected chi connectivity index (χ2v) is 9.32. The molecule has 10 heteroatoms. The second-order valence-electron chi connectivity index (χ2n) is 8.91. The lowest BCUT2D eigenvalue weighted by atomic mass is 10.1. The highest BCUT2D eigenvalue weighted by molar-refractivity contribution is 6.32. The molecule has 5 rings (SSSR count). The SMILES string of the molecule is CNC(=O)c1cc(-c2ccc(OCCOCCOC)c(Cl)c2)nc2c1[nH]c1cc(N3CCOCC3)ccc12. The Kier molecular flexibility index (Phi) is 8.29. The van der Waals surface area contributed by atoms with Crippen molar-refractivity contribution in [1.82, 2.24) is 15.3 Å². The zero-order chi connectivity index (χ0) is 26.5. The summed E-state index contributed by atoms with van der Waals surface area (Å²) in [4.78, 5) is 23.6. The summed E-state index contributed by atoms with van der Waals surface area (Å²) in [5.74, 6) is 0.360. The number of carbonyl (C=O) groups is 1. The van der Waals surface area contributed by atoms with Crippen molar-refractivity contribution in [3.05, 3.63) is 53.1 Å². The number of carbonyl (C=O) groups excluding carboxylic acids is 1. The highest BCUT2D eigenvalue weighted by Gasteiger charge is 2.19. The molecule has 0 aliphatic carbocycles. The van der Waals surface area contributed by atoms with E-state index in [9.17, 15) is 4.79 Å². The third-order valence-electron chi connectivity index (χ3n) is 6.53. The van der Waals surface area contributed by atoms with E-state index in [0.29, 0.717) is 67.2 Å². The molecule has 0 saturated carbocycles. The Morgan fingerprint density at radius 2 is 1.92 bits per heavy atom. The smallest absolute Gasteiger partial charge is 0.253 e. The molecule has 3 heterocycles. The zero-order valence-corrected chi connectivity index (χ0v) is 22.3. The fraction of sp³-hybridized carbons (Fsp3) is 0.357. The van der Waals surface area contributed by atoms with E-state index in [1.807, 2.05) is 12.1 Å². The predicted molar refractivity (Wildman–Crippen MR) is 149 cm³/mol. The van der Waals surface area contributed by atoms with Crippen molar-refractivity contribution >= 4 is 45.1 Å². The van der Waals surface area contributed by atoms with Crippen molar-refractivity contribution in [2.24, 2.45) is 0 Å². The van der Waals surface area contributed by atoms with Gasteiger partial charge in [-0.3, -0.25) is 4.79 Å². The van der Waals surface area contributed by atoms with E-state index < -0.39 is 0 Å². The molecule has 1 saturated heterocycles. The number of fused-ring (bicyclic) bond motifs is 3. The van der Waals surface area contributed by atoms with Gasteiger partial charge in [-0.2, -0.15) is 0 Å². The Balaban J connectivity index is 1.46. The number of rotatable bonds is 10. The van der Waals surface area contributed by atoms with Gasteiger partial charge in [0.05, 0.1) is 65.9 Å². The maximum absolute atomic E-state index is 12.9. The Labute approximate surface area is 226 Å². The highest BCUT2D eigenvalue weighted by Crippen LogP contribution is 2.34. The van der Waals surface area contributed by atoms with Gasteiger partial charge in [0, 0.05) is 43.9 Å². The van der Waals surface area contributed by atoms with Crippen molar-refractivity contribution in [2.45, 2.75) is 0 Å². The van der Waals surface area contributed by atoms with Crippen LogP contribution in [0.3, 0.4) is 0 Å². The molecular weight excluding hydrogens is 508 g/mol. The van der Waals surface area contributed by atoms with Crippen LogP contribution < -0.4 is 15.0 Å². The van der Waals surface area contributed by atoms with Gasteiger partial charge in [0.25, 0.3) is 5.91 Å². The molecule has 2 aromatic heterocycles. The van der Waals surface area contributed by atoms with Crippen molar-refractivity contribution in [1.29, 1.82) is 0 Å². The number of H-pyrrole nitrogens is 1. The zero-order valence-electron chi connectivity index (χ0n) is 21.5. The Morgan fingerprint density at radius 3 is 2.68 bits per heavy atom. The number of nitrogens with one attached hydrogen (secondary N) is 2. The number of benzene rings is 2.